The van der Waals surface area contributed by atoms with Gasteiger partial charge >= 0.3 is 6.18 Å². The Morgan fingerprint density at radius 3 is 2.19 bits per heavy atom. The van der Waals surface area contributed by atoms with Crippen LogP contribution in [0.4, 0.5) is 18.9 Å². The van der Waals surface area contributed by atoms with Gasteiger partial charge in [0.1, 0.15) is 0 Å². The van der Waals surface area contributed by atoms with Crippen molar-refractivity contribution in [2.24, 2.45) is 10.2 Å². The Bertz CT molecular complexity index is 888. The van der Waals surface area contributed by atoms with Crippen molar-refractivity contribution in [1.29, 1.82) is 0 Å². The summed E-state index contributed by atoms with van der Waals surface area (Å²) < 4.78 is 38.6. The Labute approximate surface area is 152 Å². The zero-order valence-electron chi connectivity index (χ0n) is 13.8. The second kappa shape index (κ2) is 7.70. The lowest BCUT2D eigenvalue weighted by atomic mass is 10.1. The first-order valence-corrected chi connectivity index (χ1v) is 7.77. The number of benzene rings is 2. The van der Waals surface area contributed by atoms with Gasteiger partial charge in [-0.3, -0.25) is 4.79 Å². The number of Topliss-reactive ketones (excluding diaryl/α,β-unsaturated/α-hetero) is 1. The van der Waals surface area contributed by atoms with E-state index in [1.807, 2.05) is 6.92 Å². The van der Waals surface area contributed by atoms with Crippen LogP contribution in [0.2, 0.25) is 5.02 Å². The lowest BCUT2D eigenvalue weighted by molar-refractivity contribution is -0.166. The van der Waals surface area contributed by atoms with Crippen LogP contribution in [0.3, 0.4) is 0 Å². The minimum Gasteiger partial charge on any atom is -0.505 e. The van der Waals surface area contributed by atoms with Crippen LogP contribution in [-0.2, 0) is 4.79 Å². The van der Waals surface area contributed by atoms with Crippen molar-refractivity contribution in [3.05, 3.63) is 69.9 Å². The maximum absolute atomic E-state index is 12.9. The topological polar surface area (TPSA) is 62.0 Å². The van der Waals surface area contributed by atoms with Gasteiger partial charge in [-0.2, -0.15) is 18.3 Å². The maximum atomic E-state index is 12.9. The number of aliphatic hydroxyl groups excluding tert-OH is 1. The molecular formula is C18H14ClF3N2O2. The Morgan fingerprint density at radius 1 is 1.04 bits per heavy atom. The van der Waals surface area contributed by atoms with E-state index in [4.69, 9.17) is 11.6 Å². The molecule has 0 unspecified atom stereocenters. The molecule has 0 bridgehead atoms. The first-order chi connectivity index (χ1) is 12.1. The molecule has 2 rings (SSSR count). The molecule has 0 fully saturated rings. The van der Waals surface area contributed by atoms with E-state index in [1.54, 1.807) is 25.1 Å². The molecule has 2 aromatic carbocycles. The number of hydrogen-bond acceptors (Lipinski definition) is 4. The van der Waals surface area contributed by atoms with Crippen molar-refractivity contribution in [3.8, 4) is 0 Å². The van der Waals surface area contributed by atoms with Gasteiger partial charge in [0.05, 0.1) is 5.69 Å². The highest BCUT2D eigenvalue weighted by Gasteiger charge is 2.43. The van der Waals surface area contributed by atoms with E-state index in [9.17, 15) is 23.1 Å². The van der Waals surface area contributed by atoms with E-state index in [0.717, 1.165) is 11.1 Å². The van der Waals surface area contributed by atoms with Gasteiger partial charge in [-0.15, -0.1) is 5.11 Å². The number of azo groups is 1. The quantitative estimate of drug-likeness (QED) is 0.394. The monoisotopic (exact) mass is 382 g/mol. The highest BCUT2D eigenvalue weighted by Crippen LogP contribution is 2.28. The average molecular weight is 383 g/mol. The zero-order valence-corrected chi connectivity index (χ0v) is 14.6. The minimum absolute atomic E-state index is 0.0407. The Morgan fingerprint density at radius 2 is 1.65 bits per heavy atom. The summed E-state index contributed by atoms with van der Waals surface area (Å²) in [6.45, 7) is 3.66. The molecule has 8 heteroatoms. The second-order valence-electron chi connectivity index (χ2n) is 5.50. The summed E-state index contributed by atoms with van der Waals surface area (Å²) in [5.41, 5.74) is 0.842. The van der Waals surface area contributed by atoms with Gasteiger partial charge in [-0.25, -0.2) is 0 Å². The summed E-state index contributed by atoms with van der Waals surface area (Å²) in [5, 5.41) is 17.5. The number of aliphatic hydroxyl groups is 1. The van der Waals surface area contributed by atoms with Crippen LogP contribution in [0.1, 0.15) is 16.7 Å². The summed E-state index contributed by atoms with van der Waals surface area (Å²) in [6, 6.07) is 10.1. The molecule has 2 aromatic rings. The summed E-state index contributed by atoms with van der Waals surface area (Å²) >= 11 is 5.71. The zero-order chi connectivity index (χ0) is 19.5. The minimum atomic E-state index is -5.21. The maximum Gasteiger partial charge on any atom is 0.456 e. The number of rotatable bonds is 4. The number of hydrogen-bond donors (Lipinski definition) is 1. The fourth-order valence-electron chi connectivity index (χ4n) is 1.97. The molecule has 4 nitrogen and oxygen atoms in total. The van der Waals surface area contributed by atoms with Crippen LogP contribution < -0.4 is 0 Å². The highest BCUT2D eigenvalue weighted by atomic mass is 35.5. The summed E-state index contributed by atoms with van der Waals surface area (Å²) in [7, 11) is 0. The second-order valence-corrected chi connectivity index (χ2v) is 5.94. The van der Waals surface area contributed by atoms with Gasteiger partial charge in [-0.05, 0) is 61.4 Å². The van der Waals surface area contributed by atoms with Crippen LogP contribution in [-0.4, -0.2) is 17.1 Å². The summed E-state index contributed by atoms with van der Waals surface area (Å²) in [4.78, 5) is 11.7. The molecule has 0 aliphatic heterocycles. The van der Waals surface area contributed by atoms with Crippen molar-refractivity contribution in [3.63, 3.8) is 0 Å². The van der Waals surface area contributed by atoms with Crippen molar-refractivity contribution < 1.29 is 23.1 Å². The SMILES string of the molecule is Cc1ccc(N=N/C(C(=O)C(F)(F)F)=C(\O)c2ccc(Cl)cc2)cc1C. The van der Waals surface area contributed by atoms with Crippen LogP contribution in [0.15, 0.2) is 58.4 Å². The standard InChI is InChI=1S/C18H14ClF3N2O2/c1-10-3-8-14(9-11(10)2)23-24-15(17(26)18(20,21)22)16(25)12-4-6-13(19)7-5-12/h3-9,25H,1-2H3/b16-15-,24-23?. The first-order valence-electron chi connectivity index (χ1n) is 7.39. The van der Waals surface area contributed by atoms with E-state index in [-0.39, 0.29) is 11.3 Å². The van der Waals surface area contributed by atoms with Crippen LogP contribution in [0, 0.1) is 13.8 Å². The van der Waals surface area contributed by atoms with E-state index in [0.29, 0.717) is 5.02 Å². The molecule has 26 heavy (non-hydrogen) atoms. The predicted octanol–water partition coefficient (Wildman–Crippen LogP) is 6.10. The fraction of sp³-hybridized carbons (Fsp3) is 0.167. The van der Waals surface area contributed by atoms with Crippen molar-refractivity contribution in [2.75, 3.05) is 0 Å². The van der Waals surface area contributed by atoms with Crippen LogP contribution in [0.5, 0.6) is 0 Å². The molecule has 0 saturated carbocycles. The predicted molar refractivity (Wildman–Crippen MR) is 92.5 cm³/mol. The largest absolute Gasteiger partial charge is 0.505 e. The molecule has 1 N–H and O–H groups in total. The third-order valence-corrected chi connectivity index (χ3v) is 3.82. The van der Waals surface area contributed by atoms with Gasteiger partial charge in [0, 0.05) is 10.6 Å². The third-order valence-electron chi connectivity index (χ3n) is 3.57. The number of carbonyl (C=O) groups is 1. The summed E-state index contributed by atoms with van der Waals surface area (Å²) in [6.07, 6.45) is -5.21. The number of carbonyl (C=O) groups excluding carboxylic acids is 1. The van der Waals surface area contributed by atoms with E-state index < -0.39 is 23.4 Å². The number of halogens is 4. The number of aryl methyl sites for hydroxylation is 2. The normalized spacial score (nSPS) is 13.0. The van der Waals surface area contributed by atoms with Gasteiger partial charge in [0.25, 0.3) is 5.78 Å². The Kier molecular flexibility index (Phi) is 5.82. The Hall–Kier alpha value is -2.67. The van der Waals surface area contributed by atoms with Crippen LogP contribution >= 0.6 is 11.6 Å². The molecule has 0 aliphatic rings. The highest BCUT2D eigenvalue weighted by molar-refractivity contribution is 6.30. The fourth-order valence-corrected chi connectivity index (χ4v) is 2.10. The molecular weight excluding hydrogens is 369 g/mol. The van der Waals surface area contributed by atoms with E-state index in [2.05, 4.69) is 10.2 Å². The third kappa shape index (κ3) is 4.70. The van der Waals surface area contributed by atoms with Gasteiger partial charge in [-0.1, -0.05) is 17.7 Å². The number of ketones is 1. The van der Waals surface area contributed by atoms with E-state index in [1.165, 1.54) is 24.3 Å². The van der Waals surface area contributed by atoms with Crippen LogP contribution in [0.25, 0.3) is 5.76 Å². The molecule has 0 saturated heterocycles. The smallest absolute Gasteiger partial charge is 0.456 e. The summed E-state index contributed by atoms with van der Waals surface area (Å²) in [5.74, 6) is -3.23. The number of nitrogens with zero attached hydrogens (tertiary/aromatic N) is 2. The molecule has 0 amide bonds. The molecule has 0 atom stereocenters. The van der Waals surface area contributed by atoms with Crippen molar-refractivity contribution in [2.45, 2.75) is 20.0 Å². The lowest BCUT2D eigenvalue weighted by Gasteiger charge is -2.08. The van der Waals surface area contributed by atoms with Crippen molar-refractivity contribution in [1.82, 2.24) is 0 Å². The molecule has 0 heterocycles. The molecule has 136 valence electrons. The lowest BCUT2D eigenvalue weighted by Crippen LogP contribution is -2.24. The van der Waals surface area contributed by atoms with Gasteiger partial charge in [0.2, 0.25) is 0 Å². The number of alkyl halides is 3. The molecule has 0 aromatic heterocycles. The Balaban J connectivity index is 2.52. The van der Waals surface area contributed by atoms with Gasteiger partial charge in [0.15, 0.2) is 11.5 Å². The molecule has 0 radical (unpaired) electrons. The number of allylic oxidation sites excluding steroid dienone is 1. The van der Waals surface area contributed by atoms with Crippen molar-refractivity contribution >= 4 is 28.8 Å². The van der Waals surface area contributed by atoms with Gasteiger partial charge < -0.3 is 5.11 Å². The molecule has 0 aliphatic carbocycles. The first kappa shape index (κ1) is 19.7. The van der Waals surface area contributed by atoms with E-state index >= 15 is 0 Å². The average Bonchev–Trinajstić information content (AvgIpc) is 2.57. The molecule has 0 spiro atoms.